The van der Waals surface area contributed by atoms with Crippen LogP contribution in [0.5, 0.6) is 0 Å². The summed E-state index contributed by atoms with van der Waals surface area (Å²) in [5.41, 5.74) is 7.65. The highest BCUT2D eigenvalue weighted by Crippen LogP contribution is 2.10. The highest BCUT2D eigenvalue weighted by Gasteiger charge is 2.14. The minimum Gasteiger partial charge on any atom is -0.342 e. The largest absolute Gasteiger partial charge is 0.342 e. The molecule has 0 radical (unpaired) electrons. The van der Waals surface area contributed by atoms with Crippen LogP contribution in [0.15, 0.2) is 42.7 Å². The van der Waals surface area contributed by atoms with Gasteiger partial charge in [0.1, 0.15) is 0 Å². The van der Waals surface area contributed by atoms with Gasteiger partial charge in [-0.15, -0.1) is 12.4 Å². The molecule has 1 heterocycles. The standard InChI is InChI=1S/C16H22N4O.ClH/c1-13(10-17)19(2)16(21)9-8-14-11-18-20(12-14)15-6-4-3-5-7-15;/h3-7,11-13H,8-10,17H2,1-2H3;1H. The monoisotopic (exact) mass is 322 g/mol. The number of nitrogens with two attached hydrogens (primary N) is 1. The first kappa shape index (κ1) is 18.2. The number of para-hydroxylation sites is 1. The molecule has 0 saturated heterocycles. The summed E-state index contributed by atoms with van der Waals surface area (Å²) >= 11 is 0. The lowest BCUT2D eigenvalue weighted by atomic mass is 10.1. The van der Waals surface area contributed by atoms with Crippen molar-refractivity contribution in [3.63, 3.8) is 0 Å². The number of hydrogen-bond donors (Lipinski definition) is 1. The molecule has 0 aliphatic carbocycles. The zero-order valence-electron chi connectivity index (χ0n) is 13.0. The van der Waals surface area contributed by atoms with Crippen molar-refractivity contribution in [2.45, 2.75) is 25.8 Å². The van der Waals surface area contributed by atoms with Gasteiger partial charge in [0.25, 0.3) is 0 Å². The van der Waals surface area contributed by atoms with E-state index in [2.05, 4.69) is 5.10 Å². The van der Waals surface area contributed by atoms with Gasteiger partial charge in [0.05, 0.1) is 11.9 Å². The van der Waals surface area contributed by atoms with Crippen LogP contribution < -0.4 is 5.73 Å². The second kappa shape index (κ2) is 8.56. The molecule has 0 spiro atoms. The molecule has 1 unspecified atom stereocenters. The maximum Gasteiger partial charge on any atom is 0.222 e. The first-order chi connectivity index (χ1) is 10.1. The van der Waals surface area contributed by atoms with E-state index < -0.39 is 0 Å². The fourth-order valence-electron chi connectivity index (χ4n) is 2.04. The molecule has 2 N–H and O–H groups in total. The van der Waals surface area contributed by atoms with Gasteiger partial charge in [0, 0.05) is 32.3 Å². The van der Waals surface area contributed by atoms with E-state index in [0.29, 0.717) is 19.4 Å². The molecule has 1 atom stereocenters. The van der Waals surface area contributed by atoms with Crippen LogP contribution in [-0.4, -0.2) is 40.2 Å². The highest BCUT2D eigenvalue weighted by atomic mass is 35.5. The average molecular weight is 323 g/mol. The summed E-state index contributed by atoms with van der Waals surface area (Å²) in [5.74, 6) is 0.111. The first-order valence-corrected chi connectivity index (χ1v) is 7.16. The number of hydrogen-bond acceptors (Lipinski definition) is 3. The molecule has 1 aromatic heterocycles. The number of amides is 1. The minimum atomic E-state index is 0. The number of benzene rings is 1. The fraction of sp³-hybridized carbons (Fsp3) is 0.375. The summed E-state index contributed by atoms with van der Waals surface area (Å²) in [5, 5.41) is 4.33. The summed E-state index contributed by atoms with van der Waals surface area (Å²) < 4.78 is 1.83. The molecule has 22 heavy (non-hydrogen) atoms. The Hall–Kier alpha value is -1.85. The number of nitrogens with zero attached hydrogens (tertiary/aromatic N) is 3. The van der Waals surface area contributed by atoms with E-state index in [1.807, 2.05) is 54.3 Å². The van der Waals surface area contributed by atoms with Gasteiger partial charge in [0.2, 0.25) is 5.91 Å². The van der Waals surface area contributed by atoms with E-state index in [1.165, 1.54) is 0 Å². The average Bonchev–Trinajstić information content (AvgIpc) is 3.01. The number of carbonyl (C=O) groups excluding carboxylic acids is 1. The van der Waals surface area contributed by atoms with Crippen LogP contribution in [0.1, 0.15) is 18.9 Å². The lowest BCUT2D eigenvalue weighted by Gasteiger charge is -2.23. The smallest absolute Gasteiger partial charge is 0.222 e. The third-order valence-electron chi connectivity index (χ3n) is 3.68. The summed E-state index contributed by atoms with van der Waals surface area (Å²) in [7, 11) is 1.80. The van der Waals surface area contributed by atoms with Gasteiger partial charge in [-0.05, 0) is 31.0 Å². The molecule has 6 heteroatoms. The van der Waals surface area contributed by atoms with Crippen LogP contribution in [0.25, 0.3) is 5.69 Å². The Bertz CT molecular complexity index is 585. The van der Waals surface area contributed by atoms with Gasteiger partial charge >= 0.3 is 0 Å². The topological polar surface area (TPSA) is 64.2 Å². The Morgan fingerprint density at radius 2 is 2.05 bits per heavy atom. The van der Waals surface area contributed by atoms with E-state index in [0.717, 1.165) is 11.3 Å². The van der Waals surface area contributed by atoms with E-state index in [-0.39, 0.29) is 24.4 Å². The lowest BCUT2D eigenvalue weighted by molar-refractivity contribution is -0.131. The van der Waals surface area contributed by atoms with Crippen molar-refractivity contribution in [3.05, 3.63) is 48.3 Å². The van der Waals surface area contributed by atoms with Gasteiger partial charge in [0.15, 0.2) is 0 Å². The van der Waals surface area contributed by atoms with Crippen molar-refractivity contribution in [3.8, 4) is 5.69 Å². The van der Waals surface area contributed by atoms with Crippen molar-refractivity contribution in [2.24, 2.45) is 5.73 Å². The Morgan fingerprint density at radius 3 is 2.68 bits per heavy atom. The second-order valence-electron chi connectivity index (χ2n) is 5.22. The summed E-state index contributed by atoms with van der Waals surface area (Å²) in [6.07, 6.45) is 4.94. The number of aryl methyl sites for hydroxylation is 1. The van der Waals surface area contributed by atoms with Crippen LogP contribution in [0.3, 0.4) is 0 Å². The number of rotatable bonds is 6. The molecule has 0 bridgehead atoms. The van der Waals surface area contributed by atoms with Crippen LogP contribution in [0.2, 0.25) is 0 Å². The Morgan fingerprint density at radius 1 is 1.36 bits per heavy atom. The summed E-state index contributed by atoms with van der Waals surface area (Å²) in [6, 6.07) is 10.00. The number of aromatic nitrogens is 2. The Labute approximate surface area is 137 Å². The maximum atomic E-state index is 12.0. The number of carbonyl (C=O) groups is 1. The van der Waals surface area contributed by atoms with Crippen LogP contribution in [0.4, 0.5) is 0 Å². The minimum absolute atomic E-state index is 0. The SMILES string of the molecule is CC(CN)N(C)C(=O)CCc1cnn(-c2ccccc2)c1.Cl. The van der Waals surface area contributed by atoms with E-state index >= 15 is 0 Å². The normalized spacial score (nSPS) is 11.6. The molecule has 120 valence electrons. The molecule has 2 aromatic rings. The lowest BCUT2D eigenvalue weighted by Crippen LogP contribution is -2.39. The Kier molecular flexibility index (Phi) is 7.08. The molecular weight excluding hydrogens is 300 g/mol. The van der Waals surface area contributed by atoms with Crippen LogP contribution in [-0.2, 0) is 11.2 Å². The molecule has 0 fully saturated rings. The molecule has 0 aliphatic rings. The maximum absolute atomic E-state index is 12.0. The van der Waals surface area contributed by atoms with Crippen molar-refractivity contribution in [1.82, 2.24) is 14.7 Å². The van der Waals surface area contributed by atoms with Crippen LogP contribution >= 0.6 is 12.4 Å². The predicted molar refractivity (Wildman–Crippen MR) is 90.4 cm³/mol. The molecule has 0 saturated carbocycles. The van der Waals surface area contributed by atoms with E-state index in [1.54, 1.807) is 11.9 Å². The first-order valence-electron chi connectivity index (χ1n) is 7.16. The molecule has 1 aromatic carbocycles. The third-order valence-corrected chi connectivity index (χ3v) is 3.68. The molecule has 0 aliphatic heterocycles. The van der Waals surface area contributed by atoms with Gasteiger partial charge in [-0.3, -0.25) is 4.79 Å². The van der Waals surface area contributed by atoms with Crippen molar-refractivity contribution < 1.29 is 4.79 Å². The van der Waals surface area contributed by atoms with Gasteiger partial charge in [-0.2, -0.15) is 5.10 Å². The molecule has 1 amide bonds. The Balaban J connectivity index is 0.00000242. The van der Waals surface area contributed by atoms with E-state index in [4.69, 9.17) is 5.73 Å². The van der Waals surface area contributed by atoms with Crippen molar-refractivity contribution in [2.75, 3.05) is 13.6 Å². The quantitative estimate of drug-likeness (QED) is 0.885. The van der Waals surface area contributed by atoms with Gasteiger partial charge in [-0.1, -0.05) is 18.2 Å². The highest BCUT2D eigenvalue weighted by molar-refractivity contribution is 5.85. The number of halogens is 1. The molecule has 5 nitrogen and oxygen atoms in total. The second-order valence-corrected chi connectivity index (χ2v) is 5.22. The zero-order valence-corrected chi connectivity index (χ0v) is 13.8. The summed E-state index contributed by atoms with van der Waals surface area (Å²) in [4.78, 5) is 13.7. The molecular formula is C16H23ClN4O. The van der Waals surface area contributed by atoms with E-state index in [9.17, 15) is 4.79 Å². The van der Waals surface area contributed by atoms with Gasteiger partial charge < -0.3 is 10.6 Å². The third kappa shape index (κ3) is 4.58. The zero-order chi connectivity index (χ0) is 15.2. The molecule has 2 rings (SSSR count). The predicted octanol–water partition coefficient (Wildman–Crippen LogP) is 2.03. The number of likely N-dealkylation sites (N-methyl/N-ethyl adjacent to an activating group) is 1. The fourth-order valence-corrected chi connectivity index (χ4v) is 2.04. The summed E-state index contributed by atoms with van der Waals surface area (Å²) in [6.45, 7) is 2.43. The van der Waals surface area contributed by atoms with Crippen molar-refractivity contribution in [1.29, 1.82) is 0 Å². The van der Waals surface area contributed by atoms with Crippen molar-refractivity contribution >= 4 is 18.3 Å². The van der Waals surface area contributed by atoms with Gasteiger partial charge in [-0.25, -0.2) is 4.68 Å². The van der Waals surface area contributed by atoms with Crippen LogP contribution in [0, 0.1) is 0 Å².